The van der Waals surface area contributed by atoms with E-state index in [4.69, 9.17) is 9.47 Å². The molecule has 43 heavy (non-hydrogen) atoms. The molecule has 3 aromatic carbocycles. The maximum absolute atomic E-state index is 13.5. The minimum atomic E-state index is -0.378. The summed E-state index contributed by atoms with van der Waals surface area (Å²) in [5.74, 6) is 0.929. The Morgan fingerprint density at radius 2 is 1.65 bits per heavy atom. The van der Waals surface area contributed by atoms with Crippen LogP contribution in [0.15, 0.2) is 71.3 Å². The largest absolute Gasteiger partial charge is 0.493 e. The summed E-state index contributed by atoms with van der Waals surface area (Å²) in [5, 5.41) is 6.26. The number of nitrogens with one attached hydrogen (secondary N) is 2. The fourth-order valence-corrected chi connectivity index (χ4v) is 5.40. The van der Waals surface area contributed by atoms with Gasteiger partial charge in [0.25, 0.3) is 5.91 Å². The van der Waals surface area contributed by atoms with E-state index < -0.39 is 0 Å². The molecule has 9 nitrogen and oxygen atoms in total. The first-order valence-electron chi connectivity index (χ1n) is 14.3. The highest BCUT2D eigenvalue weighted by atomic mass is 79.9. The van der Waals surface area contributed by atoms with Crippen molar-refractivity contribution in [2.24, 2.45) is 0 Å². The summed E-state index contributed by atoms with van der Waals surface area (Å²) in [4.78, 5) is 27.5. The molecule has 1 saturated heterocycles. The lowest BCUT2D eigenvalue weighted by Crippen LogP contribution is -2.48. The molecule has 2 N–H and O–H groups in total. The van der Waals surface area contributed by atoms with Crippen LogP contribution in [0.1, 0.15) is 35.3 Å². The summed E-state index contributed by atoms with van der Waals surface area (Å²) in [6.45, 7) is 12.5. The Morgan fingerprint density at radius 1 is 0.953 bits per heavy atom. The van der Waals surface area contributed by atoms with Gasteiger partial charge in [-0.1, -0.05) is 34.1 Å². The zero-order valence-electron chi connectivity index (χ0n) is 25.1. The molecule has 0 spiro atoms. The van der Waals surface area contributed by atoms with Gasteiger partial charge in [0.1, 0.15) is 5.56 Å². The van der Waals surface area contributed by atoms with Crippen molar-refractivity contribution in [3.05, 3.63) is 88.0 Å². The molecular formula is C33H37BrN6O3. The number of carbonyl (C=O) groups is 1. The molecule has 0 bridgehead atoms. The summed E-state index contributed by atoms with van der Waals surface area (Å²) in [7, 11) is 1.56. The number of hydrogen-bond donors (Lipinski definition) is 2. The van der Waals surface area contributed by atoms with Gasteiger partial charge >= 0.3 is 0 Å². The lowest BCUT2D eigenvalue weighted by atomic mass is 10.1. The molecule has 4 aromatic rings. The predicted molar refractivity (Wildman–Crippen MR) is 175 cm³/mol. The number of rotatable bonds is 9. The third-order valence-electron chi connectivity index (χ3n) is 7.58. The Labute approximate surface area is 261 Å². The normalized spacial score (nSPS) is 13.6. The van der Waals surface area contributed by atoms with Gasteiger partial charge in [0.05, 0.1) is 7.11 Å². The van der Waals surface area contributed by atoms with Crippen molar-refractivity contribution in [3.63, 3.8) is 0 Å². The second-order valence-corrected chi connectivity index (χ2v) is 11.7. The zero-order chi connectivity index (χ0) is 30.5. The van der Waals surface area contributed by atoms with E-state index in [1.165, 1.54) is 11.9 Å². The summed E-state index contributed by atoms with van der Waals surface area (Å²) in [6.07, 6.45) is 1.47. The first-order chi connectivity index (χ1) is 20.7. The molecule has 0 saturated carbocycles. The van der Waals surface area contributed by atoms with Crippen molar-refractivity contribution in [3.8, 4) is 17.4 Å². The molecule has 0 atom stereocenters. The number of hydrogen-bond acceptors (Lipinski definition) is 8. The van der Waals surface area contributed by atoms with E-state index in [1.807, 2.05) is 50.2 Å². The molecule has 10 heteroatoms. The number of nitrogens with zero attached hydrogens (tertiary/aromatic N) is 4. The van der Waals surface area contributed by atoms with E-state index in [0.29, 0.717) is 23.5 Å². The minimum Gasteiger partial charge on any atom is -0.493 e. The number of amides is 1. The number of methoxy groups -OCH3 is 1. The molecule has 0 radical (unpaired) electrons. The quantitative estimate of drug-likeness (QED) is 0.198. The Kier molecular flexibility index (Phi) is 9.47. The fraction of sp³-hybridized carbons (Fsp3) is 0.303. The molecule has 1 aliphatic rings. The second kappa shape index (κ2) is 13.4. The van der Waals surface area contributed by atoms with Crippen molar-refractivity contribution in [2.75, 3.05) is 48.8 Å². The number of ether oxygens (including phenoxy) is 2. The standard InChI is InChI=1S/C33H37BrN6O3/c1-21(2)39-15-17-40(18-16-39)26-12-10-25(11-13-26)36-33-35-20-27(31(41)37-30-22(3)7-6-8-23(30)4)32(38-33)43-28-14-9-24(34)19-29(28)42-5/h6-14,19-21H,15-18H2,1-5H3,(H,37,41)(H,35,36,38). The van der Waals surface area contributed by atoms with Gasteiger partial charge in [0, 0.05) is 60.0 Å². The average molecular weight is 646 g/mol. The highest BCUT2D eigenvalue weighted by Crippen LogP contribution is 2.35. The van der Waals surface area contributed by atoms with Crippen molar-refractivity contribution in [1.82, 2.24) is 14.9 Å². The molecule has 0 unspecified atom stereocenters. The number of anilines is 4. The van der Waals surface area contributed by atoms with Crippen molar-refractivity contribution >= 4 is 44.8 Å². The first-order valence-corrected chi connectivity index (χ1v) is 15.1. The summed E-state index contributed by atoms with van der Waals surface area (Å²) < 4.78 is 12.5. The van der Waals surface area contributed by atoms with Crippen LogP contribution >= 0.6 is 15.9 Å². The van der Waals surface area contributed by atoms with Crippen LogP contribution in [0.2, 0.25) is 0 Å². The number of piperazine rings is 1. The number of halogens is 1. The van der Waals surface area contributed by atoms with Gasteiger partial charge in [-0.05, 0) is 81.3 Å². The van der Waals surface area contributed by atoms with E-state index in [-0.39, 0.29) is 17.4 Å². The Balaban J connectivity index is 1.39. The molecule has 224 valence electrons. The van der Waals surface area contributed by atoms with Crippen molar-refractivity contribution in [2.45, 2.75) is 33.7 Å². The third kappa shape index (κ3) is 7.26. The van der Waals surface area contributed by atoms with Gasteiger partial charge in [0.2, 0.25) is 11.8 Å². The van der Waals surface area contributed by atoms with E-state index in [0.717, 1.165) is 53.2 Å². The third-order valence-corrected chi connectivity index (χ3v) is 8.08. The van der Waals surface area contributed by atoms with Gasteiger partial charge in [-0.3, -0.25) is 9.69 Å². The fourth-order valence-electron chi connectivity index (χ4n) is 5.06. The summed E-state index contributed by atoms with van der Waals surface area (Å²) >= 11 is 3.46. The zero-order valence-corrected chi connectivity index (χ0v) is 26.7. The Morgan fingerprint density at radius 3 is 2.30 bits per heavy atom. The lowest BCUT2D eigenvalue weighted by molar-refractivity contribution is 0.102. The van der Waals surface area contributed by atoms with Gasteiger partial charge in [-0.15, -0.1) is 0 Å². The summed E-state index contributed by atoms with van der Waals surface area (Å²) in [5.41, 5.74) is 4.84. The number of aryl methyl sites for hydroxylation is 2. The monoisotopic (exact) mass is 644 g/mol. The number of para-hydroxylation sites is 1. The van der Waals surface area contributed by atoms with E-state index in [1.54, 1.807) is 19.2 Å². The lowest BCUT2D eigenvalue weighted by Gasteiger charge is -2.38. The SMILES string of the molecule is COc1cc(Br)ccc1Oc1nc(Nc2ccc(N3CCN(C(C)C)CC3)cc2)ncc1C(=O)Nc1c(C)cccc1C. The smallest absolute Gasteiger partial charge is 0.262 e. The van der Waals surface area contributed by atoms with Crippen LogP contribution in [-0.4, -0.2) is 60.1 Å². The topological polar surface area (TPSA) is 91.9 Å². The number of aromatic nitrogens is 2. The average Bonchev–Trinajstić information content (AvgIpc) is 3.00. The molecule has 5 rings (SSSR count). The molecule has 1 aliphatic heterocycles. The second-order valence-electron chi connectivity index (χ2n) is 10.8. The van der Waals surface area contributed by atoms with Crippen LogP contribution < -0.4 is 25.0 Å². The minimum absolute atomic E-state index is 0.0986. The first kappa shape index (κ1) is 30.3. The van der Waals surface area contributed by atoms with Crippen LogP contribution in [0, 0.1) is 13.8 Å². The predicted octanol–water partition coefficient (Wildman–Crippen LogP) is 7.18. The molecule has 1 aromatic heterocycles. The molecule has 1 fully saturated rings. The van der Waals surface area contributed by atoms with Gasteiger partial charge in [-0.2, -0.15) is 4.98 Å². The highest BCUT2D eigenvalue weighted by Gasteiger charge is 2.21. The maximum atomic E-state index is 13.5. The van der Waals surface area contributed by atoms with Gasteiger partial charge < -0.3 is 25.0 Å². The number of benzene rings is 3. The van der Waals surface area contributed by atoms with E-state index in [9.17, 15) is 4.79 Å². The molecular weight excluding hydrogens is 608 g/mol. The molecule has 2 heterocycles. The van der Waals surface area contributed by atoms with Crippen LogP contribution in [-0.2, 0) is 0 Å². The van der Waals surface area contributed by atoms with Crippen molar-refractivity contribution < 1.29 is 14.3 Å². The van der Waals surface area contributed by atoms with Gasteiger partial charge in [-0.25, -0.2) is 4.98 Å². The molecule has 0 aliphatic carbocycles. The Bertz CT molecular complexity index is 1570. The van der Waals surface area contributed by atoms with Crippen LogP contribution in [0.25, 0.3) is 0 Å². The molecule has 1 amide bonds. The van der Waals surface area contributed by atoms with Crippen LogP contribution in [0.5, 0.6) is 17.4 Å². The van der Waals surface area contributed by atoms with Crippen LogP contribution in [0.3, 0.4) is 0 Å². The maximum Gasteiger partial charge on any atom is 0.262 e. The van der Waals surface area contributed by atoms with E-state index in [2.05, 4.69) is 72.3 Å². The summed E-state index contributed by atoms with van der Waals surface area (Å²) in [6, 6.07) is 20.0. The van der Waals surface area contributed by atoms with Crippen molar-refractivity contribution in [1.29, 1.82) is 0 Å². The van der Waals surface area contributed by atoms with E-state index >= 15 is 0 Å². The van der Waals surface area contributed by atoms with Gasteiger partial charge in [0.15, 0.2) is 11.5 Å². The van der Waals surface area contributed by atoms with Crippen LogP contribution in [0.4, 0.5) is 23.0 Å². The number of carbonyl (C=O) groups excluding carboxylic acids is 1. The Hall–Kier alpha value is -4.15. The highest BCUT2D eigenvalue weighted by molar-refractivity contribution is 9.10.